The summed E-state index contributed by atoms with van der Waals surface area (Å²) in [6.07, 6.45) is -2.53. The smallest absolute Gasteiger partial charge is 0.255 e. The van der Waals surface area contributed by atoms with Crippen molar-refractivity contribution in [3.8, 4) is 0 Å². The maximum absolute atomic E-state index is 11.8. The highest BCUT2D eigenvalue weighted by Crippen LogP contribution is 2.03. The number of nitrogens with one attached hydrogen (secondary N) is 1. The molecule has 1 aromatic rings. The molecule has 0 saturated carbocycles. The van der Waals surface area contributed by atoms with E-state index in [1.54, 1.807) is 24.3 Å². The van der Waals surface area contributed by atoms with Gasteiger partial charge in [0.05, 0.1) is 6.54 Å². The van der Waals surface area contributed by atoms with Crippen molar-refractivity contribution in [1.29, 1.82) is 0 Å². The first kappa shape index (κ1) is 14.8. The molecule has 3 nitrogen and oxygen atoms in total. The van der Waals surface area contributed by atoms with E-state index in [1.807, 2.05) is 0 Å². The average molecular weight is 251 g/mol. The third-order valence-corrected chi connectivity index (χ3v) is 1.87. The summed E-state index contributed by atoms with van der Waals surface area (Å²) in [6, 6.07) is 6.50. The first-order valence-corrected chi connectivity index (χ1v) is 4.49. The molecule has 0 aliphatic rings. The Kier molecular flexibility index (Phi) is 6.60. The molecule has 1 amide bonds. The molecule has 0 bridgehead atoms. The van der Waals surface area contributed by atoms with Gasteiger partial charge in [0, 0.05) is 12.1 Å². The van der Waals surface area contributed by atoms with Crippen LogP contribution in [-0.4, -0.2) is 18.9 Å². The fraction of sp³-hybridized carbons (Fsp3) is 0.300. The van der Waals surface area contributed by atoms with E-state index in [2.05, 4.69) is 5.32 Å². The lowest BCUT2D eigenvalue weighted by Crippen LogP contribution is -2.28. The molecule has 0 unspecified atom stereocenters. The fourth-order valence-corrected chi connectivity index (χ4v) is 1.06. The summed E-state index contributed by atoms with van der Waals surface area (Å²) >= 11 is 0. The van der Waals surface area contributed by atoms with Crippen molar-refractivity contribution in [3.63, 3.8) is 0 Å². The fourth-order valence-electron chi connectivity index (χ4n) is 1.06. The number of carbonyl (C=O) groups excluding carboxylic acids is 1. The van der Waals surface area contributed by atoms with Gasteiger partial charge in [-0.05, 0) is 17.7 Å². The Morgan fingerprint density at radius 2 is 1.88 bits per heavy atom. The van der Waals surface area contributed by atoms with Crippen molar-refractivity contribution in [1.82, 2.24) is 5.32 Å². The van der Waals surface area contributed by atoms with E-state index in [0.717, 1.165) is 5.56 Å². The SMILES string of the molecule is Cl.NCc1ccc(C(=O)NCC(F)F)cc1. The summed E-state index contributed by atoms with van der Waals surface area (Å²) in [5.41, 5.74) is 6.62. The van der Waals surface area contributed by atoms with Gasteiger partial charge >= 0.3 is 0 Å². The van der Waals surface area contributed by atoms with E-state index in [0.29, 0.717) is 12.1 Å². The molecule has 0 saturated heterocycles. The van der Waals surface area contributed by atoms with Crippen molar-refractivity contribution in [2.45, 2.75) is 13.0 Å². The van der Waals surface area contributed by atoms with Crippen molar-refractivity contribution in [2.75, 3.05) is 6.54 Å². The molecular weight excluding hydrogens is 238 g/mol. The van der Waals surface area contributed by atoms with Crippen LogP contribution in [0.15, 0.2) is 24.3 Å². The molecule has 0 heterocycles. The maximum Gasteiger partial charge on any atom is 0.255 e. The van der Waals surface area contributed by atoms with Crippen LogP contribution < -0.4 is 11.1 Å². The Morgan fingerprint density at radius 3 is 2.31 bits per heavy atom. The molecule has 0 aliphatic heterocycles. The zero-order valence-corrected chi connectivity index (χ0v) is 9.27. The van der Waals surface area contributed by atoms with E-state index in [1.165, 1.54) is 0 Å². The maximum atomic E-state index is 11.8. The monoisotopic (exact) mass is 250 g/mol. The average Bonchev–Trinajstić information content (AvgIpc) is 2.26. The number of rotatable bonds is 4. The quantitative estimate of drug-likeness (QED) is 0.852. The Morgan fingerprint density at radius 1 is 1.31 bits per heavy atom. The van der Waals surface area contributed by atoms with Crippen LogP contribution in [0.4, 0.5) is 8.78 Å². The van der Waals surface area contributed by atoms with Crippen LogP contribution in [0.2, 0.25) is 0 Å². The Hall–Kier alpha value is -1.20. The molecule has 6 heteroatoms. The molecule has 90 valence electrons. The highest BCUT2D eigenvalue weighted by atomic mass is 35.5. The molecule has 0 spiro atoms. The molecule has 0 aromatic heterocycles. The van der Waals surface area contributed by atoms with Crippen molar-refractivity contribution < 1.29 is 13.6 Å². The molecule has 0 aliphatic carbocycles. The van der Waals surface area contributed by atoms with E-state index >= 15 is 0 Å². The summed E-state index contributed by atoms with van der Waals surface area (Å²) < 4.78 is 23.6. The molecule has 3 N–H and O–H groups in total. The van der Waals surface area contributed by atoms with E-state index < -0.39 is 18.9 Å². The van der Waals surface area contributed by atoms with E-state index in [9.17, 15) is 13.6 Å². The number of amides is 1. The van der Waals surface area contributed by atoms with Gasteiger partial charge in [0.15, 0.2) is 0 Å². The van der Waals surface area contributed by atoms with E-state index in [-0.39, 0.29) is 12.4 Å². The number of halogens is 3. The van der Waals surface area contributed by atoms with Crippen molar-refractivity contribution in [3.05, 3.63) is 35.4 Å². The van der Waals surface area contributed by atoms with Crippen LogP contribution in [0.25, 0.3) is 0 Å². The van der Waals surface area contributed by atoms with Crippen LogP contribution in [0.5, 0.6) is 0 Å². The summed E-state index contributed by atoms with van der Waals surface area (Å²) in [7, 11) is 0. The van der Waals surface area contributed by atoms with Crippen LogP contribution >= 0.6 is 12.4 Å². The summed E-state index contributed by atoms with van der Waals surface area (Å²) in [6.45, 7) is -0.240. The number of hydrogen-bond acceptors (Lipinski definition) is 2. The van der Waals surface area contributed by atoms with Gasteiger partial charge in [-0.3, -0.25) is 4.79 Å². The van der Waals surface area contributed by atoms with Gasteiger partial charge in [0.1, 0.15) is 0 Å². The predicted octanol–water partition coefficient (Wildman–Crippen LogP) is 1.56. The molecule has 0 fully saturated rings. The lowest BCUT2D eigenvalue weighted by molar-refractivity contribution is 0.0891. The minimum atomic E-state index is -2.53. The summed E-state index contributed by atoms with van der Waals surface area (Å²) in [4.78, 5) is 11.3. The van der Waals surface area contributed by atoms with Gasteiger partial charge < -0.3 is 11.1 Å². The zero-order valence-electron chi connectivity index (χ0n) is 8.45. The molecule has 1 aromatic carbocycles. The topological polar surface area (TPSA) is 55.1 Å². The number of alkyl halides is 2. The largest absolute Gasteiger partial charge is 0.346 e. The van der Waals surface area contributed by atoms with E-state index in [4.69, 9.17) is 5.73 Å². The number of hydrogen-bond donors (Lipinski definition) is 2. The minimum absolute atomic E-state index is 0. The highest BCUT2D eigenvalue weighted by Gasteiger charge is 2.08. The highest BCUT2D eigenvalue weighted by molar-refractivity contribution is 5.94. The second-order valence-electron chi connectivity index (χ2n) is 3.00. The number of nitrogens with two attached hydrogens (primary N) is 1. The van der Waals surface area contributed by atoms with Crippen LogP contribution in [0, 0.1) is 0 Å². The van der Waals surface area contributed by atoms with Gasteiger partial charge in [-0.25, -0.2) is 8.78 Å². The standard InChI is InChI=1S/C10H12F2N2O.ClH/c11-9(12)6-14-10(15)8-3-1-7(5-13)2-4-8;/h1-4,9H,5-6,13H2,(H,14,15);1H. The second-order valence-corrected chi connectivity index (χ2v) is 3.00. The first-order valence-electron chi connectivity index (χ1n) is 4.49. The van der Waals surface area contributed by atoms with Crippen LogP contribution in [-0.2, 0) is 6.54 Å². The Bertz CT molecular complexity index is 330. The van der Waals surface area contributed by atoms with Gasteiger partial charge in [-0.1, -0.05) is 12.1 Å². The molecule has 16 heavy (non-hydrogen) atoms. The second kappa shape index (κ2) is 7.14. The zero-order chi connectivity index (χ0) is 11.3. The van der Waals surface area contributed by atoms with Crippen LogP contribution in [0.1, 0.15) is 15.9 Å². The van der Waals surface area contributed by atoms with Crippen molar-refractivity contribution in [2.24, 2.45) is 5.73 Å². The van der Waals surface area contributed by atoms with Gasteiger partial charge in [0.2, 0.25) is 0 Å². The van der Waals surface area contributed by atoms with Gasteiger partial charge in [-0.2, -0.15) is 0 Å². The molecule has 0 radical (unpaired) electrons. The Balaban J connectivity index is 0.00000225. The van der Waals surface area contributed by atoms with Crippen molar-refractivity contribution >= 4 is 18.3 Å². The van der Waals surface area contributed by atoms with Gasteiger partial charge in [0.25, 0.3) is 12.3 Å². The lowest BCUT2D eigenvalue weighted by atomic mass is 10.1. The molecule has 0 atom stereocenters. The first-order chi connectivity index (χ1) is 7.13. The van der Waals surface area contributed by atoms with Crippen LogP contribution in [0.3, 0.4) is 0 Å². The molecule has 1 rings (SSSR count). The minimum Gasteiger partial charge on any atom is -0.346 e. The summed E-state index contributed by atoms with van der Waals surface area (Å²) in [5, 5.41) is 2.12. The predicted molar refractivity (Wildman–Crippen MR) is 59.9 cm³/mol. The molecular formula is C10H13ClF2N2O. The normalized spacial score (nSPS) is 9.75. The summed E-state index contributed by atoms with van der Waals surface area (Å²) in [5.74, 6) is -0.501. The third-order valence-electron chi connectivity index (χ3n) is 1.87. The third kappa shape index (κ3) is 4.55. The van der Waals surface area contributed by atoms with Gasteiger partial charge in [-0.15, -0.1) is 12.4 Å². The number of benzene rings is 1. The Labute approximate surface area is 98.4 Å². The lowest BCUT2D eigenvalue weighted by Gasteiger charge is -2.04. The number of carbonyl (C=O) groups is 1.